The molecule has 146 valence electrons. The Morgan fingerprint density at radius 1 is 1.15 bits per heavy atom. The van der Waals surface area contributed by atoms with Crippen LogP contribution in [0.2, 0.25) is 0 Å². The minimum atomic E-state index is -0.351. The van der Waals surface area contributed by atoms with Gasteiger partial charge in [-0.25, -0.2) is 4.79 Å². The summed E-state index contributed by atoms with van der Waals surface area (Å²) in [7, 11) is 3.93. The molecule has 6 heteroatoms. The number of benzene rings is 1. The number of carbonyl (C=O) groups is 2. The van der Waals surface area contributed by atoms with Gasteiger partial charge in [0.15, 0.2) is 0 Å². The number of nitrogens with zero attached hydrogens (tertiary/aromatic N) is 2. The molecule has 0 atom stereocenters. The van der Waals surface area contributed by atoms with Crippen LogP contribution in [0.15, 0.2) is 30.3 Å². The van der Waals surface area contributed by atoms with Crippen LogP contribution in [-0.2, 0) is 16.1 Å². The van der Waals surface area contributed by atoms with Gasteiger partial charge in [0.2, 0.25) is 5.91 Å². The monoisotopic (exact) mass is 371 g/mol. The van der Waals surface area contributed by atoms with Gasteiger partial charge in [-0.05, 0) is 46.0 Å². The van der Waals surface area contributed by atoms with Crippen molar-refractivity contribution in [1.29, 1.82) is 0 Å². The minimum absolute atomic E-state index is 0.0810. The Labute approximate surface area is 161 Å². The smallest absolute Gasteiger partial charge is 0.340 e. The second kappa shape index (κ2) is 9.37. The maximum atomic E-state index is 12.5. The molecule has 1 aromatic carbocycles. The van der Waals surface area contributed by atoms with E-state index in [1.807, 2.05) is 67.7 Å². The predicted octanol–water partition coefficient (Wildman–Crippen LogP) is 2.63. The van der Waals surface area contributed by atoms with Gasteiger partial charge < -0.3 is 19.5 Å². The molecule has 2 aromatic rings. The van der Waals surface area contributed by atoms with Crippen molar-refractivity contribution in [3.63, 3.8) is 0 Å². The first-order valence-electron chi connectivity index (χ1n) is 9.20. The van der Waals surface area contributed by atoms with Crippen LogP contribution in [0.5, 0.6) is 0 Å². The summed E-state index contributed by atoms with van der Waals surface area (Å²) in [6.07, 6.45) is 0. The number of hydrogen-bond acceptors (Lipinski definition) is 4. The molecule has 0 bridgehead atoms. The van der Waals surface area contributed by atoms with Crippen LogP contribution in [0.4, 0.5) is 0 Å². The van der Waals surface area contributed by atoms with Gasteiger partial charge >= 0.3 is 5.97 Å². The van der Waals surface area contributed by atoms with Crippen molar-refractivity contribution in [1.82, 2.24) is 14.8 Å². The Morgan fingerprint density at radius 3 is 2.41 bits per heavy atom. The van der Waals surface area contributed by atoms with E-state index in [9.17, 15) is 9.59 Å². The van der Waals surface area contributed by atoms with Crippen LogP contribution in [0.3, 0.4) is 0 Å². The predicted molar refractivity (Wildman–Crippen MR) is 107 cm³/mol. The zero-order valence-electron chi connectivity index (χ0n) is 16.8. The molecule has 0 aliphatic heterocycles. The summed E-state index contributed by atoms with van der Waals surface area (Å²) in [5.41, 5.74) is 3.95. The molecular formula is C21H29N3O3. The number of rotatable bonds is 8. The molecule has 0 unspecified atom stereocenters. The Kier molecular flexibility index (Phi) is 7.19. The highest BCUT2D eigenvalue weighted by atomic mass is 16.5. The van der Waals surface area contributed by atoms with E-state index < -0.39 is 0 Å². The van der Waals surface area contributed by atoms with E-state index in [0.29, 0.717) is 18.7 Å². The lowest BCUT2D eigenvalue weighted by molar-refractivity contribution is -0.121. The number of hydrogen-bond donors (Lipinski definition) is 1. The number of ether oxygens (including phenoxy) is 1. The molecule has 0 aliphatic carbocycles. The third-order valence-corrected chi connectivity index (χ3v) is 4.48. The fraction of sp³-hybridized carbons (Fsp3) is 0.429. The lowest BCUT2D eigenvalue weighted by Crippen LogP contribution is -2.33. The second-order valence-corrected chi connectivity index (χ2v) is 6.76. The molecule has 0 aliphatic rings. The number of aromatic nitrogens is 1. The van der Waals surface area contributed by atoms with Gasteiger partial charge in [-0.1, -0.05) is 30.3 Å². The molecule has 1 N–H and O–H groups in total. The van der Waals surface area contributed by atoms with E-state index in [0.717, 1.165) is 29.1 Å². The van der Waals surface area contributed by atoms with E-state index >= 15 is 0 Å². The summed E-state index contributed by atoms with van der Waals surface area (Å²) in [5, 5.41) is 2.93. The minimum Gasteiger partial charge on any atom is -0.462 e. The maximum absolute atomic E-state index is 12.5. The van der Waals surface area contributed by atoms with Crippen LogP contribution in [0.1, 0.15) is 28.5 Å². The summed E-state index contributed by atoms with van der Waals surface area (Å²) in [6, 6.07) is 9.80. The number of nitrogens with one attached hydrogen (secondary N) is 1. The highest BCUT2D eigenvalue weighted by Crippen LogP contribution is 2.31. The van der Waals surface area contributed by atoms with Gasteiger partial charge in [-0.15, -0.1) is 0 Å². The molecule has 0 saturated heterocycles. The lowest BCUT2D eigenvalue weighted by atomic mass is 10.1. The van der Waals surface area contributed by atoms with Crippen molar-refractivity contribution < 1.29 is 14.3 Å². The lowest BCUT2D eigenvalue weighted by Gasteiger charge is -2.14. The average molecular weight is 371 g/mol. The molecule has 1 heterocycles. The van der Waals surface area contributed by atoms with Crippen molar-refractivity contribution >= 4 is 11.9 Å². The molecule has 0 fully saturated rings. The summed E-state index contributed by atoms with van der Waals surface area (Å²) in [6.45, 7) is 7.38. The van der Waals surface area contributed by atoms with Crippen molar-refractivity contribution in [3.05, 3.63) is 47.2 Å². The summed E-state index contributed by atoms with van der Waals surface area (Å²) in [5.74, 6) is -0.431. The first-order valence-corrected chi connectivity index (χ1v) is 9.20. The van der Waals surface area contributed by atoms with Gasteiger partial charge in [-0.3, -0.25) is 4.79 Å². The maximum Gasteiger partial charge on any atom is 0.340 e. The molecule has 0 saturated carbocycles. The molecule has 0 spiro atoms. The first-order chi connectivity index (χ1) is 12.9. The normalized spacial score (nSPS) is 10.9. The largest absolute Gasteiger partial charge is 0.462 e. The van der Waals surface area contributed by atoms with E-state index in [2.05, 4.69) is 5.32 Å². The van der Waals surface area contributed by atoms with Gasteiger partial charge in [0.25, 0.3) is 0 Å². The molecule has 6 nitrogen and oxygen atoms in total. The molecule has 27 heavy (non-hydrogen) atoms. The van der Waals surface area contributed by atoms with Gasteiger partial charge in [0.05, 0.1) is 17.9 Å². The number of likely N-dealkylation sites (N-methyl/N-ethyl adjacent to an activating group) is 1. The van der Waals surface area contributed by atoms with Crippen LogP contribution in [0, 0.1) is 13.8 Å². The van der Waals surface area contributed by atoms with Crippen LogP contribution < -0.4 is 5.32 Å². The Morgan fingerprint density at radius 2 is 1.81 bits per heavy atom. The second-order valence-electron chi connectivity index (χ2n) is 6.76. The quantitative estimate of drug-likeness (QED) is 0.725. The van der Waals surface area contributed by atoms with Crippen molar-refractivity contribution in [2.45, 2.75) is 27.3 Å². The van der Waals surface area contributed by atoms with Gasteiger partial charge in [0.1, 0.15) is 6.54 Å². The van der Waals surface area contributed by atoms with E-state index in [1.54, 1.807) is 6.92 Å². The molecule has 1 aromatic heterocycles. The fourth-order valence-corrected chi connectivity index (χ4v) is 3.18. The highest BCUT2D eigenvalue weighted by molar-refractivity contribution is 5.95. The Hall–Kier alpha value is -2.60. The Balaban J connectivity index is 2.40. The summed E-state index contributed by atoms with van der Waals surface area (Å²) >= 11 is 0. The fourth-order valence-electron chi connectivity index (χ4n) is 3.18. The van der Waals surface area contributed by atoms with E-state index in [1.165, 1.54) is 0 Å². The third-order valence-electron chi connectivity index (χ3n) is 4.48. The van der Waals surface area contributed by atoms with E-state index in [-0.39, 0.29) is 18.4 Å². The van der Waals surface area contributed by atoms with E-state index in [4.69, 9.17) is 4.74 Å². The topological polar surface area (TPSA) is 63.6 Å². The number of amides is 1. The Bertz CT molecular complexity index is 795. The zero-order valence-corrected chi connectivity index (χ0v) is 16.8. The van der Waals surface area contributed by atoms with Crippen molar-refractivity contribution in [2.24, 2.45) is 0 Å². The standard InChI is InChI=1S/C21H29N3O3/c1-6-27-21(26)19-15(2)20(17-10-8-7-9-11-17)24(16(19)3)14-18(25)22-12-13-23(4)5/h7-11H,6,12-14H2,1-5H3,(H,22,25). The zero-order chi connectivity index (χ0) is 20.0. The molecule has 2 rings (SSSR count). The van der Waals surface area contributed by atoms with Crippen LogP contribution in [0.25, 0.3) is 11.3 Å². The summed E-state index contributed by atoms with van der Waals surface area (Å²) < 4.78 is 7.14. The SMILES string of the molecule is CCOC(=O)c1c(C)c(-c2ccccc2)n(CC(=O)NCCN(C)C)c1C. The van der Waals surface area contributed by atoms with Crippen molar-refractivity contribution in [3.8, 4) is 11.3 Å². The van der Waals surface area contributed by atoms with Gasteiger partial charge in [0, 0.05) is 18.8 Å². The number of carbonyl (C=O) groups excluding carboxylic acids is 2. The molecular weight excluding hydrogens is 342 g/mol. The third kappa shape index (κ3) is 4.98. The van der Waals surface area contributed by atoms with Crippen molar-refractivity contribution in [2.75, 3.05) is 33.8 Å². The van der Waals surface area contributed by atoms with Crippen LogP contribution >= 0.6 is 0 Å². The molecule has 1 amide bonds. The van der Waals surface area contributed by atoms with Crippen LogP contribution in [-0.4, -0.2) is 55.1 Å². The summed E-state index contributed by atoms with van der Waals surface area (Å²) in [4.78, 5) is 27.0. The van der Waals surface area contributed by atoms with Gasteiger partial charge in [-0.2, -0.15) is 0 Å². The number of esters is 1. The average Bonchev–Trinajstić information content (AvgIpc) is 2.85. The molecule has 0 radical (unpaired) electrons. The first kappa shape index (κ1) is 20.7. The highest BCUT2D eigenvalue weighted by Gasteiger charge is 2.25.